The zero-order valence-electron chi connectivity index (χ0n) is 19.7. The van der Waals surface area contributed by atoms with Crippen molar-refractivity contribution < 1.29 is 31.6 Å². The molecule has 2 bridgehead atoms. The average Bonchev–Trinajstić information content (AvgIpc) is 3.59. The SMILES string of the molecule is O=C1CC[C@@]2(OCCCc3ccccc3)C3Cc4cccc5c4[C@@]2(CC[NH+]3CC2CC2)[C@H]1O5.[Cl-]. The Morgan fingerprint density at radius 1 is 1.06 bits per heavy atom. The number of benzene rings is 2. The molecule has 34 heavy (non-hydrogen) atoms. The average molecular weight is 480 g/mol. The Morgan fingerprint density at radius 3 is 2.74 bits per heavy atom. The first kappa shape index (κ1) is 22.6. The summed E-state index contributed by atoms with van der Waals surface area (Å²) < 4.78 is 13.6. The van der Waals surface area contributed by atoms with Crippen molar-refractivity contribution in [3.63, 3.8) is 0 Å². The first-order valence-electron chi connectivity index (χ1n) is 13.1. The highest BCUT2D eigenvalue weighted by Gasteiger charge is 2.75. The van der Waals surface area contributed by atoms with Crippen molar-refractivity contribution in [1.82, 2.24) is 0 Å². The number of carbonyl (C=O) groups excluding carboxylic acids is 1. The van der Waals surface area contributed by atoms with Gasteiger partial charge in [0.2, 0.25) is 0 Å². The predicted octanol–water partition coefficient (Wildman–Crippen LogP) is 0.0638. The molecule has 3 fully saturated rings. The lowest BCUT2D eigenvalue weighted by Gasteiger charge is -2.62. The third-order valence-electron chi connectivity index (χ3n) is 9.42. The standard InChI is InChI=1S/C29H33NO3.ClH/c31-23-13-14-29(32-17-5-8-20-6-2-1-3-7-20)25-18-22-9-4-10-24-26(22)28(29,27(23)33-24)15-16-30(25)19-21-11-12-21;/h1-4,6-7,9-10,21,25,27H,5,8,11-19H2;1H/t25?,27-,28-,29+;/m0./s1. The van der Waals surface area contributed by atoms with Gasteiger partial charge in [-0.05, 0) is 49.3 Å². The molecular weight excluding hydrogens is 446 g/mol. The van der Waals surface area contributed by atoms with Gasteiger partial charge in [0.15, 0.2) is 11.9 Å². The van der Waals surface area contributed by atoms with Crippen LogP contribution in [-0.4, -0.2) is 43.2 Å². The Balaban J connectivity index is 0.00000217. The molecule has 2 aromatic rings. The van der Waals surface area contributed by atoms with Gasteiger partial charge in [0.05, 0.1) is 18.5 Å². The monoisotopic (exact) mass is 479 g/mol. The summed E-state index contributed by atoms with van der Waals surface area (Å²) in [5.41, 5.74) is 3.52. The Hall–Kier alpha value is -1.88. The quantitative estimate of drug-likeness (QED) is 0.571. The van der Waals surface area contributed by atoms with Crippen molar-refractivity contribution in [3.05, 3.63) is 65.2 Å². The van der Waals surface area contributed by atoms with Crippen molar-refractivity contribution in [1.29, 1.82) is 0 Å². The maximum Gasteiger partial charge on any atom is 0.174 e. The van der Waals surface area contributed by atoms with Gasteiger partial charge in [-0.25, -0.2) is 0 Å². The van der Waals surface area contributed by atoms with E-state index in [-0.39, 0.29) is 35.3 Å². The van der Waals surface area contributed by atoms with E-state index in [0.29, 0.717) is 12.5 Å². The van der Waals surface area contributed by atoms with E-state index in [9.17, 15) is 4.79 Å². The molecule has 0 aromatic heterocycles. The van der Waals surface area contributed by atoms with Crippen molar-refractivity contribution in [3.8, 4) is 5.75 Å². The molecule has 5 aliphatic rings. The van der Waals surface area contributed by atoms with E-state index in [1.807, 2.05) is 0 Å². The molecule has 5 atom stereocenters. The number of halogens is 1. The van der Waals surface area contributed by atoms with E-state index >= 15 is 0 Å². The molecule has 4 nitrogen and oxygen atoms in total. The molecular formula is C29H34ClNO3. The Kier molecular flexibility index (Phi) is 5.55. The number of hydrogen-bond donors (Lipinski definition) is 1. The second-order valence-electron chi connectivity index (χ2n) is 11.1. The fraction of sp³-hybridized carbons (Fsp3) is 0.552. The number of likely N-dealkylation sites (tertiary alicyclic amines) is 1. The number of carbonyl (C=O) groups is 1. The largest absolute Gasteiger partial charge is 1.00 e. The normalized spacial score (nSPS) is 34.7. The topological polar surface area (TPSA) is 40.0 Å². The molecule has 1 saturated heterocycles. The van der Waals surface area contributed by atoms with Gasteiger partial charge in [-0.2, -0.15) is 0 Å². The predicted molar refractivity (Wildman–Crippen MR) is 126 cm³/mol. The van der Waals surface area contributed by atoms with Crippen LogP contribution in [-0.2, 0) is 27.8 Å². The van der Waals surface area contributed by atoms with Crippen LogP contribution < -0.4 is 22.0 Å². The van der Waals surface area contributed by atoms with E-state index < -0.39 is 0 Å². The summed E-state index contributed by atoms with van der Waals surface area (Å²) in [6, 6.07) is 17.6. The van der Waals surface area contributed by atoms with Crippen LogP contribution in [0.5, 0.6) is 5.75 Å². The third-order valence-corrected chi connectivity index (χ3v) is 9.42. The van der Waals surface area contributed by atoms with Crippen LogP contribution in [0.15, 0.2) is 48.5 Å². The molecule has 0 radical (unpaired) electrons. The van der Waals surface area contributed by atoms with Crippen LogP contribution in [0.4, 0.5) is 0 Å². The lowest BCUT2D eigenvalue weighted by Crippen LogP contribution is -3.21. The van der Waals surface area contributed by atoms with Gasteiger partial charge in [0, 0.05) is 37.4 Å². The molecule has 7 rings (SSSR count). The van der Waals surface area contributed by atoms with Crippen molar-refractivity contribution in [2.45, 2.75) is 74.5 Å². The highest BCUT2D eigenvalue weighted by atomic mass is 35.5. The van der Waals surface area contributed by atoms with Gasteiger partial charge >= 0.3 is 0 Å². The van der Waals surface area contributed by atoms with E-state index in [4.69, 9.17) is 9.47 Å². The molecule has 2 saturated carbocycles. The summed E-state index contributed by atoms with van der Waals surface area (Å²) >= 11 is 0. The fourth-order valence-corrected chi connectivity index (χ4v) is 7.90. The van der Waals surface area contributed by atoms with Gasteiger partial charge < -0.3 is 26.8 Å². The Labute approximate surface area is 208 Å². The number of hydrogen-bond acceptors (Lipinski definition) is 3. The molecule has 1 spiro atoms. The molecule has 5 heteroatoms. The van der Waals surface area contributed by atoms with Crippen molar-refractivity contribution >= 4 is 5.78 Å². The summed E-state index contributed by atoms with van der Waals surface area (Å²) in [6.07, 6.45) is 7.95. The van der Waals surface area contributed by atoms with E-state index in [2.05, 4.69) is 48.5 Å². The van der Waals surface area contributed by atoms with Crippen molar-refractivity contribution in [2.75, 3.05) is 19.7 Å². The number of quaternary nitrogens is 1. The number of aryl methyl sites for hydroxylation is 1. The molecule has 1 N–H and O–H groups in total. The molecule has 2 heterocycles. The molecule has 0 amide bonds. The summed E-state index contributed by atoms with van der Waals surface area (Å²) in [7, 11) is 0. The molecule has 3 aliphatic carbocycles. The number of piperidine rings is 1. The third kappa shape index (κ3) is 3.14. The Bertz CT molecular complexity index is 1090. The number of nitrogens with one attached hydrogen (secondary N) is 1. The highest BCUT2D eigenvalue weighted by molar-refractivity contribution is 5.89. The van der Waals surface area contributed by atoms with Gasteiger partial charge in [-0.1, -0.05) is 42.5 Å². The second-order valence-corrected chi connectivity index (χ2v) is 11.1. The van der Waals surface area contributed by atoms with Gasteiger partial charge in [-0.15, -0.1) is 0 Å². The van der Waals surface area contributed by atoms with Crippen LogP contribution in [0, 0.1) is 5.92 Å². The smallest absolute Gasteiger partial charge is 0.174 e. The lowest BCUT2D eigenvalue weighted by molar-refractivity contribution is -0.944. The molecule has 2 aromatic carbocycles. The summed E-state index contributed by atoms with van der Waals surface area (Å²) in [6.45, 7) is 3.16. The maximum absolute atomic E-state index is 13.3. The number of ether oxygens (including phenoxy) is 2. The van der Waals surface area contributed by atoms with Crippen molar-refractivity contribution in [2.24, 2.45) is 5.92 Å². The van der Waals surface area contributed by atoms with E-state index in [0.717, 1.165) is 56.9 Å². The van der Waals surface area contributed by atoms with E-state index in [1.54, 1.807) is 4.90 Å². The van der Waals surface area contributed by atoms with Gasteiger partial charge in [0.1, 0.15) is 17.4 Å². The van der Waals surface area contributed by atoms with Crippen LogP contribution in [0.1, 0.15) is 55.2 Å². The van der Waals surface area contributed by atoms with Crippen LogP contribution >= 0.6 is 0 Å². The molecule has 180 valence electrons. The van der Waals surface area contributed by atoms with Gasteiger partial charge in [0.25, 0.3) is 0 Å². The zero-order chi connectivity index (χ0) is 22.0. The van der Waals surface area contributed by atoms with E-state index in [1.165, 1.54) is 36.1 Å². The molecule has 2 unspecified atom stereocenters. The molecule has 2 aliphatic heterocycles. The zero-order valence-corrected chi connectivity index (χ0v) is 20.5. The summed E-state index contributed by atoms with van der Waals surface area (Å²) in [4.78, 5) is 15.0. The summed E-state index contributed by atoms with van der Waals surface area (Å²) in [5, 5.41) is 0. The van der Waals surface area contributed by atoms with Crippen LogP contribution in [0.25, 0.3) is 0 Å². The number of rotatable bonds is 7. The minimum Gasteiger partial charge on any atom is -1.00 e. The first-order valence-corrected chi connectivity index (χ1v) is 13.1. The first-order chi connectivity index (χ1) is 16.2. The number of Topliss-reactive ketones (excluding diaryl/α,β-unsaturated/α-hetero) is 1. The van der Waals surface area contributed by atoms with Crippen LogP contribution in [0.2, 0.25) is 0 Å². The number of ketones is 1. The Morgan fingerprint density at radius 2 is 1.91 bits per heavy atom. The minimum atomic E-state index is -0.359. The maximum atomic E-state index is 13.3. The van der Waals surface area contributed by atoms with Crippen LogP contribution in [0.3, 0.4) is 0 Å². The second kappa shape index (κ2) is 8.36. The minimum absolute atomic E-state index is 0. The summed E-state index contributed by atoms with van der Waals surface area (Å²) in [5.74, 6) is 2.12. The van der Waals surface area contributed by atoms with Gasteiger partial charge in [-0.3, -0.25) is 4.79 Å². The lowest BCUT2D eigenvalue weighted by atomic mass is 9.48. The fourth-order valence-electron chi connectivity index (χ4n) is 7.90. The highest BCUT2D eigenvalue weighted by Crippen LogP contribution is 2.62.